The van der Waals surface area contributed by atoms with Crippen LogP contribution in [0.2, 0.25) is 0 Å². The molecule has 0 N–H and O–H groups in total. The quantitative estimate of drug-likeness (QED) is 0.820. The lowest BCUT2D eigenvalue weighted by atomic mass is 10.2. The van der Waals surface area contributed by atoms with Crippen molar-refractivity contribution in [1.29, 1.82) is 0 Å². The summed E-state index contributed by atoms with van der Waals surface area (Å²) in [6.45, 7) is 4.30. The van der Waals surface area contributed by atoms with E-state index in [1.165, 1.54) is 0 Å². The van der Waals surface area contributed by atoms with Crippen molar-refractivity contribution in [2.45, 2.75) is 26.1 Å². The molecule has 0 aliphatic heterocycles. The minimum atomic E-state index is 0.0816. The number of carbonyl (C=O) groups excluding carboxylic acids is 1. The number of aryl methyl sites for hydroxylation is 2. The van der Waals surface area contributed by atoms with Crippen LogP contribution in [0.15, 0.2) is 27.3 Å². The van der Waals surface area contributed by atoms with E-state index < -0.39 is 0 Å². The SMILES string of the molecule is Cc1noc(C)c1CSCC(=O)N(C)Cc1ccco1. The first-order chi connectivity index (χ1) is 9.58. The molecular weight excluding hydrogens is 276 g/mol. The Morgan fingerprint density at radius 1 is 1.45 bits per heavy atom. The summed E-state index contributed by atoms with van der Waals surface area (Å²) in [7, 11) is 1.78. The third-order valence-electron chi connectivity index (χ3n) is 3.05. The molecule has 2 rings (SSSR count). The number of aromatic nitrogens is 1. The average molecular weight is 294 g/mol. The Labute approximate surface area is 122 Å². The molecular formula is C14H18N2O3S. The molecule has 5 nitrogen and oxygen atoms in total. The molecule has 2 aromatic heterocycles. The first kappa shape index (κ1) is 14.7. The van der Waals surface area contributed by atoms with Crippen molar-refractivity contribution in [3.05, 3.63) is 41.2 Å². The van der Waals surface area contributed by atoms with Gasteiger partial charge in [0, 0.05) is 18.4 Å². The molecule has 0 spiro atoms. The maximum atomic E-state index is 12.0. The van der Waals surface area contributed by atoms with Crippen LogP contribution in [0.25, 0.3) is 0 Å². The van der Waals surface area contributed by atoms with Crippen LogP contribution in [0.4, 0.5) is 0 Å². The summed E-state index contributed by atoms with van der Waals surface area (Å²) in [5.41, 5.74) is 1.97. The molecule has 2 heterocycles. The van der Waals surface area contributed by atoms with Crippen molar-refractivity contribution in [2.24, 2.45) is 0 Å². The van der Waals surface area contributed by atoms with E-state index in [-0.39, 0.29) is 5.91 Å². The minimum Gasteiger partial charge on any atom is -0.467 e. The molecule has 0 aromatic carbocycles. The number of rotatable bonds is 6. The summed E-state index contributed by atoms with van der Waals surface area (Å²) in [6.07, 6.45) is 1.61. The molecule has 0 bridgehead atoms. The fourth-order valence-corrected chi connectivity index (χ4v) is 2.90. The Morgan fingerprint density at radius 3 is 2.85 bits per heavy atom. The summed E-state index contributed by atoms with van der Waals surface area (Å²) in [4.78, 5) is 13.7. The number of furan rings is 1. The van der Waals surface area contributed by atoms with Crippen LogP contribution < -0.4 is 0 Å². The van der Waals surface area contributed by atoms with Crippen molar-refractivity contribution < 1.29 is 13.7 Å². The maximum Gasteiger partial charge on any atom is 0.232 e. The monoisotopic (exact) mass is 294 g/mol. The molecule has 0 aliphatic carbocycles. The Kier molecular flexibility index (Phi) is 4.89. The summed E-state index contributed by atoms with van der Waals surface area (Å²) in [5.74, 6) is 2.86. The number of hydrogen-bond acceptors (Lipinski definition) is 5. The largest absolute Gasteiger partial charge is 0.467 e. The predicted octanol–water partition coefficient (Wildman–Crippen LogP) is 2.78. The normalized spacial score (nSPS) is 10.8. The Morgan fingerprint density at radius 2 is 2.25 bits per heavy atom. The van der Waals surface area contributed by atoms with Gasteiger partial charge in [-0.1, -0.05) is 5.16 Å². The van der Waals surface area contributed by atoms with Crippen LogP contribution in [0.5, 0.6) is 0 Å². The van der Waals surface area contributed by atoms with E-state index in [1.807, 2.05) is 26.0 Å². The van der Waals surface area contributed by atoms with E-state index in [0.29, 0.717) is 12.3 Å². The first-order valence-corrected chi connectivity index (χ1v) is 7.49. The molecule has 0 unspecified atom stereocenters. The highest BCUT2D eigenvalue weighted by Gasteiger charge is 2.13. The van der Waals surface area contributed by atoms with Gasteiger partial charge in [-0.15, -0.1) is 11.8 Å². The van der Waals surface area contributed by atoms with Crippen LogP contribution in [-0.2, 0) is 17.1 Å². The van der Waals surface area contributed by atoms with Gasteiger partial charge in [0.15, 0.2) is 0 Å². The van der Waals surface area contributed by atoms with Crippen LogP contribution >= 0.6 is 11.8 Å². The molecule has 0 aliphatic rings. The molecule has 0 radical (unpaired) electrons. The first-order valence-electron chi connectivity index (χ1n) is 6.33. The maximum absolute atomic E-state index is 12.0. The summed E-state index contributed by atoms with van der Waals surface area (Å²) in [5, 5.41) is 3.90. The molecule has 20 heavy (non-hydrogen) atoms. The molecule has 1 amide bonds. The molecule has 0 atom stereocenters. The van der Waals surface area contributed by atoms with Gasteiger partial charge < -0.3 is 13.8 Å². The van der Waals surface area contributed by atoms with Gasteiger partial charge in [-0.2, -0.15) is 0 Å². The topological polar surface area (TPSA) is 59.5 Å². The molecule has 6 heteroatoms. The molecule has 0 saturated carbocycles. The summed E-state index contributed by atoms with van der Waals surface area (Å²) < 4.78 is 10.3. The second-order valence-electron chi connectivity index (χ2n) is 4.62. The van der Waals surface area contributed by atoms with Gasteiger partial charge in [0.1, 0.15) is 11.5 Å². The fraction of sp³-hybridized carbons (Fsp3) is 0.429. The van der Waals surface area contributed by atoms with Crippen molar-refractivity contribution in [1.82, 2.24) is 10.1 Å². The lowest BCUT2D eigenvalue weighted by molar-refractivity contribution is -0.127. The number of amides is 1. The average Bonchev–Trinajstić information content (AvgIpc) is 3.02. The van der Waals surface area contributed by atoms with Gasteiger partial charge in [-0.05, 0) is 26.0 Å². The van der Waals surface area contributed by atoms with Gasteiger partial charge >= 0.3 is 0 Å². The van der Waals surface area contributed by atoms with Crippen molar-refractivity contribution in [2.75, 3.05) is 12.8 Å². The van der Waals surface area contributed by atoms with E-state index in [0.717, 1.165) is 28.5 Å². The Balaban J connectivity index is 1.77. The summed E-state index contributed by atoms with van der Waals surface area (Å²) >= 11 is 1.57. The lowest BCUT2D eigenvalue weighted by Gasteiger charge is -2.15. The minimum absolute atomic E-state index is 0.0816. The fourth-order valence-electron chi connectivity index (χ4n) is 1.78. The van der Waals surface area contributed by atoms with Crippen LogP contribution in [0, 0.1) is 13.8 Å². The zero-order valence-electron chi connectivity index (χ0n) is 11.9. The van der Waals surface area contributed by atoms with Crippen molar-refractivity contribution in [3.8, 4) is 0 Å². The van der Waals surface area contributed by atoms with Gasteiger partial charge in [-0.25, -0.2) is 0 Å². The molecule has 108 valence electrons. The van der Waals surface area contributed by atoms with Gasteiger partial charge in [-0.3, -0.25) is 4.79 Å². The van der Waals surface area contributed by atoms with Crippen molar-refractivity contribution >= 4 is 17.7 Å². The van der Waals surface area contributed by atoms with E-state index in [1.54, 1.807) is 30.0 Å². The smallest absolute Gasteiger partial charge is 0.232 e. The Hall–Kier alpha value is -1.69. The predicted molar refractivity (Wildman–Crippen MR) is 77.3 cm³/mol. The van der Waals surface area contributed by atoms with Crippen LogP contribution in [0.1, 0.15) is 22.8 Å². The van der Waals surface area contributed by atoms with Gasteiger partial charge in [0.25, 0.3) is 0 Å². The Bertz CT molecular complexity index is 543. The van der Waals surface area contributed by atoms with E-state index in [2.05, 4.69) is 5.16 Å². The molecule has 2 aromatic rings. The standard InChI is InChI=1S/C14H18N2O3S/c1-10-13(11(2)19-15-10)8-20-9-14(17)16(3)7-12-5-4-6-18-12/h4-6H,7-9H2,1-3H3. The zero-order chi connectivity index (χ0) is 14.5. The third kappa shape index (κ3) is 3.66. The van der Waals surface area contributed by atoms with Crippen molar-refractivity contribution in [3.63, 3.8) is 0 Å². The van der Waals surface area contributed by atoms with E-state index in [4.69, 9.17) is 8.94 Å². The zero-order valence-corrected chi connectivity index (χ0v) is 12.7. The number of carbonyl (C=O) groups is 1. The summed E-state index contributed by atoms with van der Waals surface area (Å²) in [6, 6.07) is 3.68. The highest BCUT2D eigenvalue weighted by atomic mass is 32.2. The second kappa shape index (κ2) is 6.65. The van der Waals surface area contributed by atoms with Crippen LogP contribution in [0.3, 0.4) is 0 Å². The highest BCUT2D eigenvalue weighted by molar-refractivity contribution is 7.99. The number of nitrogens with zero attached hydrogens (tertiary/aromatic N) is 2. The second-order valence-corrected chi connectivity index (χ2v) is 5.61. The highest BCUT2D eigenvalue weighted by Crippen LogP contribution is 2.19. The third-order valence-corrected chi connectivity index (χ3v) is 4.00. The number of thioether (sulfide) groups is 1. The molecule has 0 fully saturated rings. The molecule has 0 saturated heterocycles. The number of hydrogen-bond donors (Lipinski definition) is 0. The van der Waals surface area contributed by atoms with Gasteiger partial charge in [0.05, 0.1) is 24.3 Å². The van der Waals surface area contributed by atoms with Crippen LogP contribution in [-0.4, -0.2) is 28.8 Å². The van der Waals surface area contributed by atoms with E-state index in [9.17, 15) is 4.79 Å². The lowest BCUT2D eigenvalue weighted by Crippen LogP contribution is -2.27. The van der Waals surface area contributed by atoms with Gasteiger partial charge in [0.2, 0.25) is 5.91 Å². The van der Waals surface area contributed by atoms with E-state index >= 15 is 0 Å².